The fourth-order valence-corrected chi connectivity index (χ4v) is 4.40. The fourth-order valence-electron chi connectivity index (χ4n) is 3.09. The summed E-state index contributed by atoms with van der Waals surface area (Å²) in [7, 11) is -1.63. The highest BCUT2D eigenvalue weighted by Crippen LogP contribution is 2.22. The first kappa shape index (κ1) is 22.3. The van der Waals surface area contributed by atoms with E-state index < -0.39 is 10.0 Å². The van der Waals surface area contributed by atoms with Gasteiger partial charge in [-0.3, -0.25) is 4.79 Å². The molecule has 1 fully saturated rings. The Balaban J connectivity index is 1.38. The van der Waals surface area contributed by atoms with Crippen molar-refractivity contribution in [1.82, 2.24) is 9.62 Å². The summed E-state index contributed by atoms with van der Waals surface area (Å²) < 4.78 is 32.8. The lowest BCUT2D eigenvalue weighted by atomic mass is 10.1. The first-order valence-corrected chi connectivity index (χ1v) is 11.9. The van der Waals surface area contributed by atoms with Gasteiger partial charge in [0, 0.05) is 26.1 Å². The molecule has 2 aromatic rings. The number of carbonyl (C=O) groups excluding carboxylic acids is 1. The molecule has 1 aliphatic carbocycles. The number of carbonyl (C=O) groups is 1. The Labute approximate surface area is 179 Å². The standard InChI is InChI=1S/C23H30N2O4S/c1-18-6-3-4-7-22(18)29-17-5-16-25(2)23(26)15-10-19-8-13-21(14-9-19)30(27,28)24-20-11-12-20/h3-4,6-9,13-14,20,24H,5,10-12,15-17H2,1-2H3. The van der Waals surface area contributed by atoms with E-state index in [2.05, 4.69) is 4.72 Å². The maximum atomic E-state index is 12.4. The van der Waals surface area contributed by atoms with Crippen molar-refractivity contribution < 1.29 is 17.9 Å². The molecule has 0 heterocycles. The average Bonchev–Trinajstić information content (AvgIpc) is 3.54. The Morgan fingerprint density at radius 3 is 2.50 bits per heavy atom. The molecule has 0 saturated heterocycles. The molecule has 1 saturated carbocycles. The van der Waals surface area contributed by atoms with Crippen LogP contribution < -0.4 is 9.46 Å². The van der Waals surface area contributed by atoms with Crippen LogP contribution in [0.1, 0.15) is 36.8 Å². The number of rotatable bonds is 11. The van der Waals surface area contributed by atoms with Gasteiger partial charge in [-0.15, -0.1) is 0 Å². The molecule has 2 aromatic carbocycles. The second kappa shape index (κ2) is 10.1. The smallest absolute Gasteiger partial charge is 0.240 e. The van der Waals surface area contributed by atoms with E-state index in [-0.39, 0.29) is 16.8 Å². The minimum Gasteiger partial charge on any atom is -0.493 e. The van der Waals surface area contributed by atoms with Gasteiger partial charge >= 0.3 is 0 Å². The monoisotopic (exact) mass is 430 g/mol. The van der Waals surface area contributed by atoms with Crippen molar-refractivity contribution >= 4 is 15.9 Å². The molecular weight excluding hydrogens is 400 g/mol. The van der Waals surface area contributed by atoms with E-state index in [1.54, 1.807) is 36.2 Å². The van der Waals surface area contributed by atoms with Gasteiger partial charge in [-0.05, 0) is 61.9 Å². The van der Waals surface area contributed by atoms with Crippen LogP contribution in [0.25, 0.3) is 0 Å². The second-order valence-corrected chi connectivity index (χ2v) is 9.54. The summed E-state index contributed by atoms with van der Waals surface area (Å²) in [6, 6.07) is 14.8. The third kappa shape index (κ3) is 6.57. The number of nitrogens with zero attached hydrogens (tertiary/aromatic N) is 1. The van der Waals surface area contributed by atoms with Crippen molar-refractivity contribution in [3.05, 3.63) is 59.7 Å². The van der Waals surface area contributed by atoms with Crippen molar-refractivity contribution in [3.63, 3.8) is 0 Å². The van der Waals surface area contributed by atoms with Gasteiger partial charge in [0.15, 0.2) is 0 Å². The molecule has 7 heteroatoms. The summed E-state index contributed by atoms with van der Waals surface area (Å²) in [6.45, 7) is 3.21. The van der Waals surface area contributed by atoms with Gasteiger partial charge in [0.05, 0.1) is 11.5 Å². The summed E-state index contributed by atoms with van der Waals surface area (Å²) in [4.78, 5) is 14.4. The van der Waals surface area contributed by atoms with Gasteiger partial charge in [-0.2, -0.15) is 0 Å². The molecule has 0 spiro atoms. The van der Waals surface area contributed by atoms with Crippen LogP contribution in [0.3, 0.4) is 0 Å². The predicted molar refractivity (Wildman–Crippen MR) is 117 cm³/mol. The lowest BCUT2D eigenvalue weighted by molar-refractivity contribution is -0.129. The van der Waals surface area contributed by atoms with Crippen LogP contribution in [-0.2, 0) is 21.2 Å². The molecule has 3 rings (SSSR count). The molecule has 0 bridgehead atoms. The maximum absolute atomic E-state index is 12.4. The number of para-hydroxylation sites is 1. The maximum Gasteiger partial charge on any atom is 0.240 e. The largest absolute Gasteiger partial charge is 0.493 e. The first-order chi connectivity index (χ1) is 14.3. The second-order valence-electron chi connectivity index (χ2n) is 7.82. The van der Waals surface area contributed by atoms with Crippen LogP contribution in [0, 0.1) is 6.92 Å². The summed E-state index contributed by atoms with van der Waals surface area (Å²) in [5.74, 6) is 0.947. The van der Waals surface area contributed by atoms with Crippen LogP contribution >= 0.6 is 0 Å². The van der Waals surface area contributed by atoms with E-state index in [1.807, 2.05) is 31.2 Å². The zero-order valence-corrected chi connectivity index (χ0v) is 18.5. The first-order valence-electron chi connectivity index (χ1n) is 10.4. The topological polar surface area (TPSA) is 75.7 Å². The van der Waals surface area contributed by atoms with Crippen molar-refractivity contribution in [3.8, 4) is 5.75 Å². The number of nitrogens with one attached hydrogen (secondary N) is 1. The van der Waals surface area contributed by atoms with Gasteiger partial charge in [0.2, 0.25) is 15.9 Å². The summed E-state index contributed by atoms with van der Waals surface area (Å²) in [5.41, 5.74) is 2.05. The van der Waals surface area contributed by atoms with Gasteiger partial charge < -0.3 is 9.64 Å². The van der Waals surface area contributed by atoms with E-state index in [0.29, 0.717) is 26.0 Å². The summed E-state index contributed by atoms with van der Waals surface area (Å²) >= 11 is 0. The average molecular weight is 431 g/mol. The number of ether oxygens (including phenoxy) is 1. The van der Waals surface area contributed by atoms with E-state index >= 15 is 0 Å². The van der Waals surface area contributed by atoms with Crippen molar-refractivity contribution in [2.24, 2.45) is 0 Å². The normalized spacial score (nSPS) is 13.8. The zero-order valence-electron chi connectivity index (χ0n) is 17.6. The van der Waals surface area contributed by atoms with Crippen LogP contribution in [0.15, 0.2) is 53.4 Å². The molecule has 0 unspecified atom stereocenters. The highest BCUT2D eigenvalue weighted by molar-refractivity contribution is 7.89. The molecule has 0 aliphatic heterocycles. The minimum absolute atomic E-state index is 0.0676. The Morgan fingerprint density at radius 1 is 1.13 bits per heavy atom. The van der Waals surface area contributed by atoms with Crippen molar-refractivity contribution in [2.45, 2.75) is 50.0 Å². The van der Waals surface area contributed by atoms with Crippen LogP contribution in [0.5, 0.6) is 5.75 Å². The number of sulfonamides is 1. The Hall–Kier alpha value is -2.38. The highest BCUT2D eigenvalue weighted by Gasteiger charge is 2.27. The lowest BCUT2D eigenvalue weighted by Gasteiger charge is -2.17. The number of benzene rings is 2. The number of aryl methyl sites for hydroxylation is 2. The summed E-state index contributed by atoms with van der Waals surface area (Å²) in [5, 5.41) is 0. The number of amides is 1. The van der Waals surface area contributed by atoms with Gasteiger partial charge in [0.25, 0.3) is 0 Å². The predicted octanol–water partition coefficient (Wildman–Crippen LogP) is 3.30. The molecule has 1 aliphatic rings. The molecule has 0 atom stereocenters. The third-order valence-corrected chi connectivity index (χ3v) is 6.71. The number of hydrogen-bond acceptors (Lipinski definition) is 4. The van der Waals surface area contributed by atoms with Gasteiger partial charge in [-0.25, -0.2) is 13.1 Å². The molecule has 30 heavy (non-hydrogen) atoms. The number of hydrogen-bond donors (Lipinski definition) is 1. The fraction of sp³-hybridized carbons (Fsp3) is 0.435. The van der Waals surface area contributed by atoms with Gasteiger partial charge in [-0.1, -0.05) is 30.3 Å². The molecule has 1 N–H and O–H groups in total. The van der Waals surface area contributed by atoms with Crippen molar-refractivity contribution in [1.29, 1.82) is 0 Å². The quantitative estimate of drug-likeness (QED) is 0.555. The van der Waals surface area contributed by atoms with Crippen molar-refractivity contribution in [2.75, 3.05) is 20.2 Å². The van der Waals surface area contributed by atoms with Crippen LogP contribution in [-0.4, -0.2) is 45.5 Å². The minimum atomic E-state index is -3.43. The van der Waals surface area contributed by atoms with Gasteiger partial charge in [0.1, 0.15) is 5.75 Å². The van der Waals surface area contributed by atoms with E-state index in [0.717, 1.165) is 36.1 Å². The highest BCUT2D eigenvalue weighted by atomic mass is 32.2. The third-order valence-electron chi connectivity index (χ3n) is 5.18. The van der Waals surface area contributed by atoms with Crippen LogP contribution in [0.4, 0.5) is 0 Å². The lowest BCUT2D eigenvalue weighted by Crippen LogP contribution is -2.28. The Bertz CT molecular complexity index is 953. The summed E-state index contributed by atoms with van der Waals surface area (Å²) in [6.07, 6.45) is 3.55. The molecule has 0 aromatic heterocycles. The van der Waals surface area contributed by atoms with Crippen LogP contribution in [0.2, 0.25) is 0 Å². The SMILES string of the molecule is Cc1ccccc1OCCCN(C)C(=O)CCc1ccc(S(=O)(=O)NC2CC2)cc1. The van der Waals surface area contributed by atoms with E-state index in [9.17, 15) is 13.2 Å². The molecule has 6 nitrogen and oxygen atoms in total. The van der Waals surface area contributed by atoms with E-state index in [4.69, 9.17) is 4.74 Å². The van der Waals surface area contributed by atoms with E-state index in [1.165, 1.54) is 0 Å². The molecule has 162 valence electrons. The molecule has 0 radical (unpaired) electrons. The Morgan fingerprint density at radius 2 is 1.83 bits per heavy atom. The molecular formula is C23H30N2O4S. The Kier molecular flexibility index (Phi) is 7.50. The molecule has 1 amide bonds. The zero-order chi connectivity index (χ0) is 21.6.